The molecule has 0 aliphatic heterocycles. The Bertz CT molecular complexity index is 1170. The van der Waals surface area contributed by atoms with E-state index in [1.54, 1.807) is 30.4 Å². The summed E-state index contributed by atoms with van der Waals surface area (Å²) in [5.41, 5.74) is 2.01. The zero-order valence-electron chi connectivity index (χ0n) is 17.8. The molecule has 10 heteroatoms. The van der Waals surface area contributed by atoms with E-state index >= 15 is 0 Å². The summed E-state index contributed by atoms with van der Waals surface area (Å²) < 4.78 is 8.26. The summed E-state index contributed by atoms with van der Waals surface area (Å²) in [5.74, 6) is 0. The van der Waals surface area contributed by atoms with Crippen LogP contribution in [0.15, 0.2) is 101 Å². The van der Waals surface area contributed by atoms with E-state index in [4.69, 9.17) is 43.3 Å². The van der Waals surface area contributed by atoms with Gasteiger partial charge in [-0.1, -0.05) is 71.4 Å². The topological polar surface area (TPSA) is 90.4 Å². The number of ether oxygens (including phenoxy) is 1. The van der Waals surface area contributed by atoms with Gasteiger partial charge in [0.1, 0.15) is 6.10 Å². The van der Waals surface area contributed by atoms with E-state index in [1.165, 1.54) is 9.79 Å². The zero-order chi connectivity index (χ0) is 24.3. The Morgan fingerprint density at radius 2 is 1.74 bits per heavy atom. The van der Waals surface area contributed by atoms with Gasteiger partial charge in [0.2, 0.25) is 0 Å². The van der Waals surface area contributed by atoms with Gasteiger partial charge in [0, 0.05) is 37.8 Å². The fourth-order valence-corrected chi connectivity index (χ4v) is 4.43. The Hall–Kier alpha value is -3.04. The number of rotatable bonds is 8. The van der Waals surface area contributed by atoms with Crippen LogP contribution in [0.1, 0.15) is 17.2 Å². The maximum absolute atomic E-state index is 8.36. The molecule has 1 unspecified atom stereocenters. The number of aromatic nitrogens is 2. The third-order valence-electron chi connectivity index (χ3n) is 4.60. The number of benzene rings is 3. The molecule has 0 amide bonds. The second kappa shape index (κ2) is 13.0. The minimum Gasteiger partial charge on any atom is -0.367 e. The molecular formula is C24H21Cl2N3O4S. The maximum Gasteiger partial charge on any atom is 0.291 e. The van der Waals surface area contributed by atoms with Crippen LogP contribution >= 0.6 is 35.0 Å². The summed E-state index contributed by atoms with van der Waals surface area (Å²) in [5, 5.41) is 14.8. The Balaban J connectivity index is 0.000000751. The molecule has 0 radical (unpaired) electrons. The van der Waals surface area contributed by atoms with Crippen molar-refractivity contribution in [3.63, 3.8) is 0 Å². The van der Waals surface area contributed by atoms with Crippen LogP contribution in [-0.4, -0.2) is 19.8 Å². The van der Waals surface area contributed by atoms with Gasteiger partial charge in [-0.05, 0) is 42.0 Å². The molecule has 0 fully saturated rings. The second-order valence-electron chi connectivity index (χ2n) is 7.02. The quantitative estimate of drug-likeness (QED) is 0.201. The molecule has 0 aliphatic rings. The summed E-state index contributed by atoms with van der Waals surface area (Å²) in [6.45, 7) is 1.10. The Morgan fingerprint density at radius 1 is 1.06 bits per heavy atom. The lowest BCUT2D eigenvalue weighted by Crippen LogP contribution is -2.12. The van der Waals surface area contributed by atoms with Crippen molar-refractivity contribution in [3.8, 4) is 0 Å². The molecule has 1 atom stereocenters. The molecule has 1 heterocycles. The molecule has 4 rings (SSSR count). The number of hydrogen-bond donors (Lipinski definition) is 1. The first-order chi connectivity index (χ1) is 16.4. The fourth-order valence-electron chi connectivity index (χ4n) is 3.06. The van der Waals surface area contributed by atoms with Gasteiger partial charge in [-0.3, -0.25) is 0 Å². The minimum absolute atomic E-state index is 0.220. The average molecular weight is 518 g/mol. The van der Waals surface area contributed by atoms with Crippen LogP contribution in [0.2, 0.25) is 10.0 Å². The number of halogens is 2. The summed E-state index contributed by atoms with van der Waals surface area (Å²) in [6, 6.07) is 24.3. The van der Waals surface area contributed by atoms with Crippen molar-refractivity contribution in [1.82, 2.24) is 9.55 Å². The Labute approximate surface area is 211 Å². The van der Waals surface area contributed by atoms with Crippen LogP contribution in [0.5, 0.6) is 0 Å². The lowest BCUT2D eigenvalue weighted by molar-refractivity contribution is -0.742. The molecule has 7 nitrogen and oxygen atoms in total. The Morgan fingerprint density at radius 3 is 2.35 bits per heavy atom. The predicted molar refractivity (Wildman–Crippen MR) is 132 cm³/mol. The molecule has 4 aromatic rings. The van der Waals surface area contributed by atoms with Gasteiger partial charge in [-0.2, -0.15) is 0 Å². The number of imidazole rings is 1. The van der Waals surface area contributed by atoms with E-state index in [0.717, 1.165) is 11.1 Å². The summed E-state index contributed by atoms with van der Waals surface area (Å²) in [4.78, 5) is 14.9. The van der Waals surface area contributed by atoms with Crippen LogP contribution in [0.25, 0.3) is 0 Å². The van der Waals surface area contributed by atoms with E-state index in [1.807, 2.05) is 41.1 Å². The molecule has 1 aromatic heterocycles. The third-order valence-corrected chi connectivity index (χ3v) is 6.18. The van der Waals surface area contributed by atoms with Gasteiger partial charge in [-0.25, -0.2) is 4.98 Å². The first kappa shape index (κ1) is 25.6. The van der Waals surface area contributed by atoms with Crippen molar-refractivity contribution in [2.24, 2.45) is 0 Å². The van der Waals surface area contributed by atoms with Gasteiger partial charge >= 0.3 is 0 Å². The summed E-state index contributed by atoms with van der Waals surface area (Å²) in [7, 11) is 0. The maximum atomic E-state index is 8.36. The van der Waals surface area contributed by atoms with E-state index in [9.17, 15) is 0 Å². The molecule has 0 spiro atoms. The highest BCUT2D eigenvalue weighted by molar-refractivity contribution is 7.99. The molecule has 0 aliphatic carbocycles. The second-order valence-corrected chi connectivity index (χ2v) is 9.01. The molecular weight excluding hydrogens is 497 g/mol. The van der Waals surface area contributed by atoms with E-state index in [2.05, 4.69) is 41.4 Å². The van der Waals surface area contributed by atoms with Crippen LogP contribution in [0.4, 0.5) is 0 Å². The largest absolute Gasteiger partial charge is 0.367 e. The van der Waals surface area contributed by atoms with Crippen LogP contribution in [0, 0.1) is 10.1 Å². The lowest BCUT2D eigenvalue weighted by Gasteiger charge is -2.20. The molecule has 34 heavy (non-hydrogen) atoms. The SMILES string of the molecule is Clc1ccc(C(Cn2ccnc2)OCc2ccc(Sc3ccccc3)cc2)c(Cl)c1.O=[N+]([O-])O. The number of nitrogens with zero attached hydrogens (tertiary/aromatic N) is 3. The van der Waals surface area contributed by atoms with Crippen molar-refractivity contribution in [2.45, 2.75) is 29.0 Å². The smallest absolute Gasteiger partial charge is 0.291 e. The first-order valence-corrected chi connectivity index (χ1v) is 11.7. The highest BCUT2D eigenvalue weighted by Crippen LogP contribution is 2.31. The highest BCUT2D eigenvalue weighted by atomic mass is 35.5. The van der Waals surface area contributed by atoms with E-state index < -0.39 is 5.09 Å². The van der Waals surface area contributed by atoms with Gasteiger partial charge in [-0.15, -0.1) is 10.1 Å². The molecule has 176 valence electrons. The van der Waals surface area contributed by atoms with Gasteiger partial charge in [0.25, 0.3) is 5.09 Å². The van der Waals surface area contributed by atoms with Crippen molar-refractivity contribution in [1.29, 1.82) is 0 Å². The highest BCUT2D eigenvalue weighted by Gasteiger charge is 2.17. The number of hydrogen-bond acceptors (Lipinski definition) is 5. The first-order valence-electron chi connectivity index (χ1n) is 10.1. The summed E-state index contributed by atoms with van der Waals surface area (Å²) in [6.07, 6.45) is 5.22. The van der Waals surface area contributed by atoms with E-state index in [-0.39, 0.29) is 6.10 Å². The Kier molecular flexibility index (Phi) is 9.78. The molecule has 1 N–H and O–H groups in total. The van der Waals surface area contributed by atoms with Crippen molar-refractivity contribution < 1.29 is 15.0 Å². The fraction of sp³-hybridized carbons (Fsp3) is 0.125. The van der Waals surface area contributed by atoms with Gasteiger partial charge in [0.15, 0.2) is 0 Å². The van der Waals surface area contributed by atoms with Crippen LogP contribution in [-0.2, 0) is 17.9 Å². The van der Waals surface area contributed by atoms with Crippen molar-refractivity contribution in [3.05, 3.63) is 123 Å². The lowest BCUT2D eigenvalue weighted by atomic mass is 10.1. The third kappa shape index (κ3) is 8.39. The molecule has 0 bridgehead atoms. The molecule has 0 saturated heterocycles. The van der Waals surface area contributed by atoms with Crippen molar-refractivity contribution in [2.75, 3.05) is 0 Å². The van der Waals surface area contributed by atoms with Gasteiger partial charge < -0.3 is 14.5 Å². The summed E-state index contributed by atoms with van der Waals surface area (Å²) >= 11 is 14.3. The molecule has 0 saturated carbocycles. The normalized spacial score (nSPS) is 11.4. The zero-order valence-corrected chi connectivity index (χ0v) is 20.2. The average Bonchev–Trinajstić information content (AvgIpc) is 3.31. The van der Waals surface area contributed by atoms with Crippen LogP contribution < -0.4 is 0 Å². The van der Waals surface area contributed by atoms with Crippen molar-refractivity contribution >= 4 is 35.0 Å². The van der Waals surface area contributed by atoms with Crippen LogP contribution in [0.3, 0.4) is 0 Å². The minimum atomic E-state index is -1.50. The van der Waals surface area contributed by atoms with Gasteiger partial charge in [0.05, 0.1) is 19.5 Å². The monoisotopic (exact) mass is 517 g/mol. The standard InChI is InChI=1S/C24H20Cl2N2OS.HNO3/c25-19-8-11-22(23(26)14-19)24(15-28-13-12-27-17-28)29-16-18-6-9-21(10-7-18)30-20-4-2-1-3-5-20;2-1(3)4/h1-14,17,24H,15-16H2;(H,2,3,4). The van der Waals surface area contributed by atoms with E-state index in [0.29, 0.717) is 23.2 Å². The molecule has 3 aromatic carbocycles. The predicted octanol–water partition coefficient (Wildman–Crippen LogP) is 6.95.